The van der Waals surface area contributed by atoms with Gasteiger partial charge in [0.05, 0.1) is 5.56 Å². The average Bonchev–Trinajstić information content (AvgIpc) is 2.45. The Morgan fingerprint density at radius 3 is 2.52 bits per heavy atom. The van der Waals surface area contributed by atoms with Gasteiger partial charge in [0.15, 0.2) is 6.61 Å². The first-order valence-electron chi connectivity index (χ1n) is 6.34. The molecule has 2 rings (SSSR count). The van der Waals surface area contributed by atoms with Crippen molar-refractivity contribution in [2.45, 2.75) is 6.92 Å². The Kier molecular flexibility index (Phi) is 5.11. The number of esters is 1. The van der Waals surface area contributed by atoms with E-state index in [2.05, 4.69) is 21.2 Å². The SMILES string of the molecule is Cc1ccc(C(=O)OCC(=O)Nc2cccc(Br)c2)cc1. The van der Waals surface area contributed by atoms with Crippen molar-refractivity contribution in [2.24, 2.45) is 0 Å². The molecular weight excluding hydrogens is 334 g/mol. The van der Waals surface area contributed by atoms with Crippen molar-refractivity contribution in [3.05, 3.63) is 64.1 Å². The number of hydrogen-bond donors (Lipinski definition) is 1. The van der Waals surface area contributed by atoms with E-state index in [1.54, 1.807) is 30.3 Å². The summed E-state index contributed by atoms with van der Waals surface area (Å²) in [6.45, 7) is 1.61. The fourth-order valence-corrected chi connectivity index (χ4v) is 2.07. The van der Waals surface area contributed by atoms with Crippen LogP contribution >= 0.6 is 15.9 Å². The lowest BCUT2D eigenvalue weighted by Gasteiger charge is -2.07. The first-order chi connectivity index (χ1) is 10.0. The summed E-state index contributed by atoms with van der Waals surface area (Å²) in [6.07, 6.45) is 0. The lowest BCUT2D eigenvalue weighted by molar-refractivity contribution is -0.119. The molecule has 0 atom stereocenters. The summed E-state index contributed by atoms with van der Waals surface area (Å²) in [7, 11) is 0. The van der Waals surface area contributed by atoms with Crippen LogP contribution in [0.2, 0.25) is 0 Å². The van der Waals surface area contributed by atoms with E-state index in [0.29, 0.717) is 11.3 Å². The molecule has 1 N–H and O–H groups in total. The van der Waals surface area contributed by atoms with Crippen molar-refractivity contribution < 1.29 is 14.3 Å². The number of ether oxygens (including phenoxy) is 1. The third-order valence-electron chi connectivity index (χ3n) is 2.73. The number of halogens is 1. The van der Waals surface area contributed by atoms with Crippen LogP contribution in [0, 0.1) is 6.92 Å². The van der Waals surface area contributed by atoms with Crippen molar-refractivity contribution in [1.29, 1.82) is 0 Å². The molecule has 0 spiro atoms. The van der Waals surface area contributed by atoms with Crippen LogP contribution in [0.4, 0.5) is 5.69 Å². The van der Waals surface area contributed by atoms with E-state index >= 15 is 0 Å². The summed E-state index contributed by atoms with van der Waals surface area (Å²) in [4.78, 5) is 23.5. The molecule has 0 aliphatic carbocycles. The number of hydrogen-bond acceptors (Lipinski definition) is 3. The molecule has 0 saturated carbocycles. The fraction of sp³-hybridized carbons (Fsp3) is 0.125. The van der Waals surface area contributed by atoms with E-state index < -0.39 is 5.97 Å². The predicted octanol–water partition coefficient (Wildman–Crippen LogP) is 3.55. The Labute approximate surface area is 131 Å². The largest absolute Gasteiger partial charge is 0.452 e. The van der Waals surface area contributed by atoms with Gasteiger partial charge in [-0.1, -0.05) is 39.7 Å². The minimum absolute atomic E-state index is 0.320. The van der Waals surface area contributed by atoms with E-state index in [-0.39, 0.29) is 12.5 Å². The Hall–Kier alpha value is -2.14. The summed E-state index contributed by atoms with van der Waals surface area (Å²) in [5.74, 6) is -0.895. The summed E-state index contributed by atoms with van der Waals surface area (Å²) in [5.41, 5.74) is 2.12. The Morgan fingerprint density at radius 2 is 1.86 bits per heavy atom. The molecule has 0 bridgehead atoms. The van der Waals surface area contributed by atoms with Gasteiger partial charge in [-0.05, 0) is 37.3 Å². The summed E-state index contributed by atoms with van der Waals surface area (Å²) in [6, 6.07) is 14.2. The van der Waals surface area contributed by atoms with Crippen LogP contribution in [-0.4, -0.2) is 18.5 Å². The normalized spacial score (nSPS) is 10.0. The number of amides is 1. The van der Waals surface area contributed by atoms with E-state index in [1.165, 1.54) is 0 Å². The van der Waals surface area contributed by atoms with Crippen LogP contribution in [0.3, 0.4) is 0 Å². The third kappa shape index (κ3) is 4.72. The van der Waals surface area contributed by atoms with Gasteiger partial charge in [0, 0.05) is 10.2 Å². The standard InChI is InChI=1S/C16H14BrNO3/c1-11-5-7-12(8-6-11)16(20)21-10-15(19)18-14-4-2-3-13(17)9-14/h2-9H,10H2,1H3,(H,18,19). The van der Waals surface area contributed by atoms with Gasteiger partial charge in [-0.25, -0.2) is 4.79 Å². The van der Waals surface area contributed by atoms with Crippen LogP contribution < -0.4 is 5.32 Å². The molecule has 0 heterocycles. The number of anilines is 1. The number of rotatable bonds is 4. The van der Waals surface area contributed by atoms with Crippen molar-refractivity contribution in [3.63, 3.8) is 0 Å². The number of aryl methyl sites for hydroxylation is 1. The molecule has 0 aromatic heterocycles. The Morgan fingerprint density at radius 1 is 1.14 bits per heavy atom. The van der Waals surface area contributed by atoms with Crippen LogP contribution in [0.25, 0.3) is 0 Å². The van der Waals surface area contributed by atoms with Gasteiger partial charge in [-0.2, -0.15) is 0 Å². The second-order valence-electron chi connectivity index (χ2n) is 4.50. The van der Waals surface area contributed by atoms with E-state index in [4.69, 9.17) is 4.74 Å². The van der Waals surface area contributed by atoms with Gasteiger partial charge in [0.1, 0.15) is 0 Å². The maximum atomic E-state index is 11.8. The molecule has 5 heteroatoms. The molecule has 21 heavy (non-hydrogen) atoms. The van der Waals surface area contributed by atoms with Gasteiger partial charge >= 0.3 is 5.97 Å². The highest BCUT2D eigenvalue weighted by atomic mass is 79.9. The van der Waals surface area contributed by atoms with Gasteiger partial charge in [0.25, 0.3) is 5.91 Å². The minimum atomic E-state index is -0.514. The fourth-order valence-electron chi connectivity index (χ4n) is 1.67. The molecular formula is C16H14BrNO3. The van der Waals surface area contributed by atoms with Crippen LogP contribution in [0.5, 0.6) is 0 Å². The topological polar surface area (TPSA) is 55.4 Å². The Bertz CT molecular complexity index is 653. The van der Waals surface area contributed by atoms with E-state index in [1.807, 2.05) is 25.1 Å². The molecule has 0 aliphatic rings. The number of carbonyl (C=O) groups excluding carboxylic acids is 2. The van der Waals surface area contributed by atoms with Crippen molar-refractivity contribution >= 4 is 33.5 Å². The molecule has 0 unspecified atom stereocenters. The second kappa shape index (κ2) is 7.04. The van der Waals surface area contributed by atoms with Crippen molar-refractivity contribution in [3.8, 4) is 0 Å². The summed E-state index contributed by atoms with van der Waals surface area (Å²) < 4.78 is 5.83. The number of benzene rings is 2. The zero-order valence-electron chi connectivity index (χ0n) is 11.4. The molecule has 0 aliphatic heterocycles. The zero-order valence-corrected chi connectivity index (χ0v) is 13.0. The van der Waals surface area contributed by atoms with E-state index in [9.17, 15) is 9.59 Å². The smallest absolute Gasteiger partial charge is 0.338 e. The third-order valence-corrected chi connectivity index (χ3v) is 3.22. The van der Waals surface area contributed by atoms with Crippen LogP contribution in [-0.2, 0) is 9.53 Å². The average molecular weight is 348 g/mol. The molecule has 0 saturated heterocycles. The maximum Gasteiger partial charge on any atom is 0.338 e. The first kappa shape index (κ1) is 15.3. The highest BCUT2D eigenvalue weighted by Gasteiger charge is 2.10. The van der Waals surface area contributed by atoms with Crippen molar-refractivity contribution in [2.75, 3.05) is 11.9 Å². The highest BCUT2D eigenvalue weighted by molar-refractivity contribution is 9.10. The monoisotopic (exact) mass is 347 g/mol. The lowest BCUT2D eigenvalue weighted by atomic mass is 10.1. The van der Waals surface area contributed by atoms with E-state index in [0.717, 1.165) is 10.0 Å². The van der Waals surface area contributed by atoms with Crippen molar-refractivity contribution in [1.82, 2.24) is 0 Å². The van der Waals surface area contributed by atoms with Gasteiger partial charge in [-0.15, -0.1) is 0 Å². The Balaban J connectivity index is 1.86. The molecule has 2 aromatic carbocycles. The first-order valence-corrected chi connectivity index (χ1v) is 7.13. The molecule has 4 nitrogen and oxygen atoms in total. The van der Waals surface area contributed by atoms with Gasteiger partial charge in [-0.3, -0.25) is 4.79 Å². The number of carbonyl (C=O) groups is 2. The molecule has 2 aromatic rings. The molecule has 108 valence electrons. The van der Waals surface area contributed by atoms with Crippen LogP contribution in [0.15, 0.2) is 53.0 Å². The quantitative estimate of drug-likeness (QED) is 0.860. The molecule has 0 radical (unpaired) electrons. The highest BCUT2D eigenvalue weighted by Crippen LogP contribution is 2.15. The summed E-state index contributed by atoms with van der Waals surface area (Å²) in [5, 5.41) is 2.65. The molecule has 1 amide bonds. The van der Waals surface area contributed by atoms with Gasteiger partial charge in [0.2, 0.25) is 0 Å². The number of nitrogens with one attached hydrogen (secondary N) is 1. The second-order valence-corrected chi connectivity index (χ2v) is 5.42. The summed E-state index contributed by atoms with van der Waals surface area (Å²) >= 11 is 3.31. The predicted molar refractivity (Wildman–Crippen MR) is 84.2 cm³/mol. The van der Waals surface area contributed by atoms with Gasteiger partial charge < -0.3 is 10.1 Å². The zero-order chi connectivity index (χ0) is 15.2. The molecule has 0 fully saturated rings. The lowest BCUT2D eigenvalue weighted by Crippen LogP contribution is -2.20. The van der Waals surface area contributed by atoms with Crippen LogP contribution in [0.1, 0.15) is 15.9 Å². The minimum Gasteiger partial charge on any atom is -0.452 e. The maximum absolute atomic E-state index is 11.8.